The minimum absolute atomic E-state index is 0.000524. The number of unbranched alkanes of at least 4 members (excludes halogenated alkanes) is 4. The summed E-state index contributed by atoms with van der Waals surface area (Å²) in [4.78, 5) is 27.6. The van der Waals surface area contributed by atoms with Gasteiger partial charge in [-0.05, 0) is 55.3 Å². The quantitative estimate of drug-likeness (QED) is 0.517. The van der Waals surface area contributed by atoms with E-state index in [1.807, 2.05) is 30.3 Å². The molecule has 1 fully saturated rings. The molecule has 1 aliphatic rings. The predicted octanol–water partition coefficient (Wildman–Crippen LogP) is 4.30. The number of carbonyl (C=O) groups is 2. The van der Waals surface area contributed by atoms with Gasteiger partial charge < -0.3 is 16.0 Å². The number of rotatable bonds is 11. The van der Waals surface area contributed by atoms with Crippen LogP contribution in [-0.4, -0.2) is 42.4 Å². The van der Waals surface area contributed by atoms with Gasteiger partial charge in [-0.3, -0.25) is 9.59 Å². The number of hydrogen-bond acceptors (Lipinski definition) is 3. The molecule has 2 aromatic rings. The number of benzene rings is 2. The van der Waals surface area contributed by atoms with Crippen LogP contribution in [0.1, 0.15) is 56.9 Å². The maximum absolute atomic E-state index is 13.0. The summed E-state index contributed by atoms with van der Waals surface area (Å²) in [6.07, 6.45) is 8.50. The van der Waals surface area contributed by atoms with Crippen LogP contribution in [0.2, 0.25) is 0 Å². The van der Waals surface area contributed by atoms with Crippen molar-refractivity contribution < 1.29 is 9.59 Å². The number of likely N-dealkylation sites (tertiary alicyclic amines) is 1. The number of amides is 2. The second kappa shape index (κ2) is 13.0. The normalized spacial score (nSPS) is 16.0. The standard InChI is InChI=1S/C27H37N3O2/c28-18-8-2-1-3-9-19-29-27(32)25-13-7-10-20-30(25)26(31)21-22-14-16-24(17-15-22)23-11-5-4-6-12-23/h4-6,11-12,14-17,25H,1-3,7-10,13,18-21,28H2,(H,29,32). The predicted molar refractivity (Wildman–Crippen MR) is 130 cm³/mol. The average Bonchev–Trinajstić information content (AvgIpc) is 2.84. The molecule has 32 heavy (non-hydrogen) atoms. The van der Waals surface area contributed by atoms with E-state index in [-0.39, 0.29) is 17.9 Å². The zero-order valence-electron chi connectivity index (χ0n) is 19.1. The number of piperidine rings is 1. The van der Waals surface area contributed by atoms with Crippen molar-refractivity contribution in [3.63, 3.8) is 0 Å². The Bertz CT molecular complexity index is 836. The summed E-state index contributed by atoms with van der Waals surface area (Å²) >= 11 is 0. The Morgan fingerprint density at radius 1 is 0.875 bits per heavy atom. The van der Waals surface area contributed by atoms with Crippen molar-refractivity contribution >= 4 is 11.8 Å². The third kappa shape index (κ3) is 7.20. The zero-order chi connectivity index (χ0) is 22.6. The first-order chi connectivity index (χ1) is 15.7. The first-order valence-electron chi connectivity index (χ1n) is 12.1. The van der Waals surface area contributed by atoms with E-state index in [2.05, 4.69) is 29.6 Å². The summed E-state index contributed by atoms with van der Waals surface area (Å²) in [6, 6.07) is 18.0. The number of hydrogen-bond donors (Lipinski definition) is 2. The van der Waals surface area contributed by atoms with E-state index in [0.717, 1.165) is 74.6 Å². The Morgan fingerprint density at radius 2 is 1.56 bits per heavy atom. The van der Waals surface area contributed by atoms with Crippen LogP contribution in [0.3, 0.4) is 0 Å². The van der Waals surface area contributed by atoms with Gasteiger partial charge in [0, 0.05) is 13.1 Å². The van der Waals surface area contributed by atoms with Gasteiger partial charge in [-0.1, -0.05) is 73.9 Å². The number of nitrogens with two attached hydrogens (primary N) is 1. The van der Waals surface area contributed by atoms with Crippen LogP contribution in [0.5, 0.6) is 0 Å². The third-order valence-corrected chi connectivity index (χ3v) is 6.22. The van der Waals surface area contributed by atoms with Gasteiger partial charge in [0.15, 0.2) is 0 Å². The molecule has 1 heterocycles. The van der Waals surface area contributed by atoms with Crippen molar-refractivity contribution in [1.29, 1.82) is 0 Å². The van der Waals surface area contributed by atoms with Crippen LogP contribution in [0.4, 0.5) is 0 Å². The van der Waals surface area contributed by atoms with E-state index in [9.17, 15) is 9.59 Å². The Balaban J connectivity index is 1.50. The van der Waals surface area contributed by atoms with E-state index in [4.69, 9.17) is 5.73 Å². The smallest absolute Gasteiger partial charge is 0.242 e. The van der Waals surface area contributed by atoms with Gasteiger partial charge >= 0.3 is 0 Å². The molecule has 172 valence electrons. The lowest BCUT2D eigenvalue weighted by Crippen LogP contribution is -2.52. The SMILES string of the molecule is NCCCCCCCNC(=O)C1CCCCN1C(=O)Cc1ccc(-c2ccccc2)cc1. The minimum Gasteiger partial charge on any atom is -0.354 e. The van der Waals surface area contributed by atoms with Crippen molar-refractivity contribution in [3.8, 4) is 11.1 Å². The molecule has 0 aliphatic carbocycles. The van der Waals surface area contributed by atoms with E-state index < -0.39 is 0 Å². The first kappa shape index (κ1) is 24.0. The lowest BCUT2D eigenvalue weighted by Gasteiger charge is -2.35. The van der Waals surface area contributed by atoms with Crippen LogP contribution < -0.4 is 11.1 Å². The summed E-state index contributed by atoms with van der Waals surface area (Å²) in [5, 5.41) is 3.06. The summed E-state index contributed by atoms with van der Waals surface area (Å²) in [6.45, 7) is 2.10. The van der Waals surface area contributed by atoms with E-state index in [0.29, 0.717) is 19.5 Å². The van der Waals surface area contributed by atoms with Crippen LogP contribution in [0.25, 0.3) is 11.1 Å². The van der Waals surface area contributed by atoms with Crippen molar-refractivity contribution in [2.45, 2.75) is 63.8 Å². The number of nitrogens with zero attached hydrogens (tertiary/aromatic N) is 1. The molecule has 1 atom stereocenters. The van der Waals surface area contributed by atoms with Crippen molar-refractivity contribution in [1.82, 2.24) is 10.2 Å². The van der Waals surface area contributed by atoms with Crippen LogP contribution in [-0.2, 0) is 16.0 Å². The Labute approximate surface area is 192 Å². The molecule has 0 bridgehead atoms. The molecule has 1 aliphatic heterocycles. The first-order valence-corrected chi connectivity index (χ1v) is 12.1. The largest absolute Gasteiger partial charge is 0.354 e. The summed E-state index contributed by atoms with van der Waals surface area (Å²) < 4.78 is 0. The van der Waals surface area contributed by atoms with E-state index >= 15 is 0 Å². The molecule has 1 saturated heterocycles. The highest BCUT2D eigenvalue weighted by Crippen LogP contribution is 2.22. The van der Waals surface area contributed by atoms with Gasteiger partial charge in [0.05, 0.1) is 6.42 Å². The van der Waals surface area contributed by atoms with Crippen molar-refractivity contribution in [2.24, 2.45) is 5.73 Å². The van der Waals surface area contributed by atoms with Crippen LogP contribution in [0.15, 0.2) is 54.6 Å². The topological polar surface area (TPSA) is 75.4 Å². The number of carbonyl (C=O) groups excluding carboxylic acids is 2. The molecule has 1 unspecified atom stereocenters. The van der Waals surface area contributed by atoms with Crippen molar-refractivity contribution in [3.05, 3.63) is 60.2 Å². The molecular formula is C27H37N3O2. The fourth-order valence-electron chi connectivity index (χ4n) is 4.35. The minimum atomic E-state index is -0.336. The third-order valence-electron chi connectivity index (χ3n) is 6.22. The van der Waals surface area contributed by atoms with E-state index in [1.54, 1.807) is 4.90 Å². The highest BCUT2D eigenvalue weighted by atomic mass is 16.2. The molecule has 0 spiro atoms. The van der Waals surface area contributed by atoms with Crippen LogP contribution >= 0.6 is 0 Å². The average molecular weight is 436 g/mol. The van der Waals surface area contributed by atoms with Gasteiger partial charge in [0.2, 0.25) is 11.8 Å². The summed E-state index contributed by atoms with van der Waals surface area (Å²) in [5.41, 5.74) is 8.81. The Morgan fingerprint density at radius 3 is 2.31 bits per heavy atom. The van der Waals surface area contributed by atoms with Gasteiger partial charge in [-0.15, -0.1) is 0 Å². The monoisotopic (exact) mass is 435 g/mol. The van der Waals surface area contributed by atoms with Gasteiger partial charge in [0.25, 0.3) is 0 Å². The summed E-state index contributed by atoms with van der Waals surface area (Å²) in [5.74, 6) is 0.0403. The second-order valence-electron chi connectivity index (χ2n) is 8.69. The molecule has 3 N–H and O–H groups in total. The molecule has 0 saturated carbocycles. The fourth-order valence-corrected chi connectivity index (χ4v) is 4.35. The molecule has 5 nitrogen and oxygen atoms in total. The van der Waals surface area contributed by atoms with E-state index in [1.165, 1.54) is 0 Å². The second-order valence-corrected chi connectivity index (χ2v) is 8.69. The maximum Gasteiger partial charge on any atom is 0.242 e. The van der Waals surface area contributed by atoms with Crippen LogP contribution in [0, 0.1) is 0 Å². The Hall–Kier alpha value is -2.66. The highest BCUT2D eigenvalue weighted by Gasteiger charge is 2.31. The molecule has 2 amide bonds. The highest BCUT2D eigenvalue weighted by molar-refractivity contribution is 5.88. The lowest BCUT2D eigenvalue weighted by atomic mass is 9.99. The summed E-state index contributed by atoms with van der Waals surface area (Å²) in [7, 11) is 0. The molecule has 5 heteroatoms. The van der Waals surface area contributed by atoms with Gasteiger partial charge in [-0.2, -0.15) is 0 Å². The van der Waals surface area contributed by atoms with Crippen molar-refractivity contribution in [2.75, 3.05) is 19.6 Å². The zero-order valence-corrected chi connectivity index (χ0v) is 19.1. The van der Waals surface area contributed by atoms with Gasteiger partial charge in [0.1, 0.15) is 6.04 Å². The molecular weight excluding hydrogens is 398 g/mol. The number of nitrogens with one attached hydrogen (secondary N) is 1. The van der Waals surface area contributed by atoms with Gasteiger partial charge in [-0.25, -0.2) is 0 Å². The molecule has 0 aromatic heterocycles. The molecule has 2 aromatic carbocycles. The Kier molecular flexibility index (Phi) is 9.76. The maximum atomic E-state index is 13.0. The molecule has 0 radical (unpaired) electrons. The molecule has 3 rings (SSSR count). The fraction of sp³-hybridized carbons (Fsp3) is 0.481. The lowest BCUT2D eigenvalue weighted by molar-refractivity contribution is -0.141.